The number of hydrogen-bond acceptors (Lipinski definition) is 3. The van der Waals surface area contributed by atoms with Crippen molar-refractivity contribution < 1.29 is 18.3 Å². The molecule has 1 amide bonds. The van der Waals surface area contributed by atoms with Crippen molar-refractivity contribution >= 4 is 17.3 Å². The molecular formula is C15H14F2N2O2. The monoisotopic (exact) mass is 292 g/mol. The van der Waals surface area contributed by atoms with Crippen LogP contribution in [0.25, 0.3) is 0 Å². The van der Waals surface area contributed by atoms with Crippen LogP contribution in [0.4, 0.5) is 20.2 Å². The highest BCUT2D eigenvalue weighted by atomic mass is 19.1. The van der Waals surface area contributed by atoms with E-state index in [1.54, 1.807) is 6.92 Å². The minimum atomic E-state index is -0.588. The summed E-state index contributed by atoms with van der Waals surface area (Å²) in [5, 5.41) is 2.35. The molecule has 0 aromatic heterocycles. The predicted molar refractivity (Wildman–Crippen MR) is 76.1 cm³/mol. The van der Waals surface area contributed by atoms with Crippen LogP contribution in [-0.2, 0) is 4.79 Å². The number of aryl methyl sites for hydroxylation is 1. The number of nitrogen functional groups attached to an aromatic ring is 1. The molecule has 0 spiro atoms. The number of rotatable bonds is 4. The van der Waals surface area contributed by atoms with Gasteiger partial charge in [-0.25, -0.2) is 8.78 Å². The summed E-state index contributed by atoms with van der Waals surface area (Å²) in [7, 11) is 0. The van der Waals surface area contributed by atoms with Gasteiger partial charge in [0.2, 0.25) is 0 Å². The topological polar surface area (TPSA) is 64.3 Å². The highest BCUT2D eigenvalue weighted by Gasteiger charge is 2.09. The summed E-state index contributed by atoms with van der Waals surface area (Å²) in [4.78, 5) is 11.7. The third-order valence-electron chi connectivity index (χ3n) is 2.76. The lowest BCUT2D eigenvalue weighted by atomic mass is 10.2. The molecular weight excluding hydrogens is 278 g/mol. The van der Waals surface area contributed by atoms with Crippen LogP contribution in [0.1, 0.15) is 5.56 Å². The van der Waals surface area contributed by atoms with Crippen LogP contribution < -0.4 is 15.8 Å². The van der Waals surface area contributed by atoms with Gasteiger partial charge in [-0.05, 0) is 48.9 Å². The molecule has 3 N–H and O–H groups in total. The third kappa shape index (κ3) is 3.92. The van der Waals surface area contributed by atoms with Gasteiger partial charge in [0.15, 0.2) is 6.61 Å². The molecule has 0 unspecified atom stereocenters. The van der Waals surface area contributed by atoms with Gasteiger partial charge < -0.3 is 15.8 Å². The van der Waals surface area contributed by atoms with E-state index in [4.69, 9.17) is 10.5 Å². The van der Waals surface area contributed by atoms with E-state index in [1.807, 2.05) is 0 Å². The molecule has 0 heterocycles. The first-order valence-corrected chi connectivity index (χ1v) is 6.19. The van der Waals surface area contributed by atoms with Crippen LogP contribution >= 0.6 is 0 Å². The fraction of sp³-hybridized carbons (Fsp3) is 0.133. The second-order valence-electron chi connectivity index (χ2n) is 4.49. The van der Waals surface area contributed by atoms with Gasteiger partial charge in [0, 0.05) is 5.69 Å². The molecule has 0 saturated carbocycles. The first-order chi connectivity index (χ1) is 9.95. The number of halogens is 2. The number of nitrogens with two attached hydrogens (primary N) is 1. The Hall–Kier alpha value is -2.63. The largest absolute Gasteiger partial charge is 0.484 e. The average Bonchev–Trinajstić information content (AvgIpc) is 2.44. The van der Waals surface area contributed by atoms with Crippen LogP contribution in [0.5, 0.6) is 5.75 Å². The van der Waals surface area contributed by atoms with E-state index in [9.17, 15) is 13.6 Å². The molecule has 0 aliphatic carbocycles. The van der Waals surface area contributed by atoms with E-state index in [1.165, 1.54) is 30.3 Å². The second-order valence-corrected chi connectivity index (χ2v) is 4.49. The summed E-state index contributed by atoms with van der Waals surface area (Å²) in [6.07, 6.45) is 0. The summed E-state index contributed by atoms with van der Waals surface area (Å²) in [5.41, 5.74) is 6.25. The zero-order valence-corrected chi connectivity index (χ0v) is 11.3. The number of carbonyl (C=O) groups excluding carboxylic acids is 1. The number of hydrogen-bond donors (Lipinski definition) is 2. The van der Waals surface area contributed by atoms with Crippen LogP contribution in [0.2, 0.25) is 0 Å². The van der Waals surface area contributed by atoms with E-state index >= 15 is 0 Å². The molecule has 0 radical (unpaired) electrons. The summed E-state index contributed by atoms with van der Waals surface area (Å²) < 4.78 is 31.7. The Kier molecular flexibility index (Phi) is 4.37. The smallest absolute Gasteiger partial charge is 0.262 e. The predicted octanol–water partition coefficient (Wildman–Crippen LogP) is 2.87. The summed E-state index contributed by atoms with van der Waals surface area (Å²) in [6, 6.07) is 8.01. The number of ether oxygens (including phenoxy) is 1. The molecule has 0 atom stereocenters. The molecule has 0 saturated heterocycles. The van der Waals surface area contributed by atoms with Gasteiger partial charge in [0.1, 0.15) is 17.4 Å². The molecule has 110 valence electrons. The van der Waals surface area contributed by atoms with Crippen molar-refractivity contribution in [2.45, 2.75) is 6.92 Å². The first kappa shape index (κ1) is 14.8. The Labute approximate surface area is 120 Å². The molecule has 4 nitrogen and oxygen atoms in total. The molecule has 2 aromatic rings. The van der Waals surface area contributed by atoms with E-state index in [2.05, 4.69) is 5.32 Å². The lowest BCUT2D eigenvalue weighted by molar-refractivity contribution is -0.118. The first-order valence-electron chi connectivity index (χ1n) is 6.19. The maximum Gasteiger partial charge on any atom is 0.262 e. The molecule has 0 aliphatic rings. The number of amides is 1. The maximum atomic E-state index is 13.4. The van der Waals surface area contributed by atoms with Crippen LogP contribution in [0.3, 0.4) is 0 Å². The second kappa shape index (κ2) is 6.21. The van der Waals surface area contributed by atoms with E-state index in [0.717, 1.165) is 6.07 Å². The summed E-state index contributed by atoms with van der Waals surface area (Å²) in [5.74, 6) is -1.12. The lowest BCUT2D eigenvalue weighted by Crippen LogP contribution is -2.21. The highest BCUT2D eigenvalue weighted by Crippen LogP contribution is 2.18. The highest BCUT2D eigenvalue weighted by molar-refractivity contribution is 5.92. The number of carbonyl (C=O) groups is 1. The molecule has 0 bridgehead atoms. The summed E-state index contributed by atoms with van der Waals surface area (Å²) >= 11 is 0. The van der Waals surface area contributed by atoms with E-state index < -0.39 is 11.7 Å². The minimum absolute atomic E-state index is 0.0149. The quantitative estimate of drug-likeness (QED) is 0.852. The van der Waals surface area contributed by atoms with Crippen LogP contribution in [-0.4, -0.2) is 12.5 Å². The Bertz CT molecular complexity index is 675. The Balaban J connectivity index is 1.95. The van der Waals surface area contributed by atoms with Crippen LogP contribution in [0, 0.1) is 18.6 Å². The minimum Gasteiger partial charge on any atom is -0.484 e. The van der Waals surface area contributed by atoms with E-state index in [-0.39, 0.29) is 18.1 Å². The Morgan fingerprint density at radius 1 is 1.19 bits per heavy atom. The normalized spacial score (nSPS) is 10.2. The van der Waals surface area contributed by atoms with Crippen molar-refractivity contribution in [2.75, 3.05) is 17.7 Å². The van der Waals surface area contributed by atoms with Gasteiger partial charge >= 0.3 is 0 Å². The lowest BCUT2D eigenvalue weighted by Gasteiger charge is -2.09. The van der Waals surface area contributed by atoms with Crippen molar-refractivity contribution in [3.05, 3.63) is 53.6 Å². The molecule has 2 aromatic carbocycles. The number of benzene rings is 2. The van der Waals surface area contributed by atoms with Gasteiger partial charge in [-0.1, -0.05) is 0 Å². The number of anilines is 2. The average molecular weight is 292 g/mol. The maximum absolute atomic E-state index is 13.4. The molecule has 21 heavy (non-hydrogen) atoms. The standard InChI is InChI=1S/C15H14F2N2O2/c1-9-6-11(3-5-12(9)16)21-8-15(20)19-14-7-10(18)2-4-13(14)17/h2-7H,8,18H2,1H3,(H,19,20). The van der Waals surface area contributed by atoms with Gasteiger partial charge in [-0.3, -0.25) is 4.79 Å². The third-order valence-corrected chi connectivity index (χ3v) is 2.76. The van der Waals surface area contributed by atoms with Crippen LogP contribution in [0.15, 0.2) is 36.4 Å². The SMILES string of the molecule is Cc1cc(OCC(=O)Nc2cc(N)ccc2F)ccc1F. The fourth-order valence-electron chi connectivity index (χ4n) is 1.68. The molecule has 0 fully saturated rings. The van der Waals surface area contributed by atoms with Crippen molar-refractivity contribution in [2.24, 2.45) is 0 Å². The van der Waals surface area contributed by atoms with Crippen molar-refractivity contribution in [3.63, 3.8) is 0 Å². The van der Waals surface area contributed by atoms with Crippen molar-refractivity contribution in [1.82, 2.24) is 0 Å². The van der Waals surface area contributed by atoms with Gasteiger partial charge in [-0.2, -0.15) is 0 Å². The zero-order chi connectivity index (χ0) is 15.4. The van der Waals surface area contributed by atoms with E-state index in [0.29, 0.717) is 17.0 Å². The number of nitrogens with one attached hydrogen (secondary N) is 1. The summed E-state index contributed by atoms with van der Waals surface area (Å²) in [6.45, 7) is 1.27. The van der Waals surface area contributed by atoms with Crippen molar-refractivity contribution in [3.8, 4) is 5.75 Å². The Morgan fingerprint density at radius 2 is 1.90 bits per heavy atom. The molecule has 6 heteroatoms. The zero-order valence-electron chi connectivity index (χ0n) is 11.3. The van der Waals surface area contributed by atoms with Gasteiger partial charge in [0.25, 0.3) is 5.91 Å². The molecule has 0 aliphatic heterocycles. The fourth-order valence-corrected chi connectivity index (χ4v) is 1.68. The van der Waals surface area contributed by atoms with Gasteiger partial charge in [-0.15, -0.1) is 0 Å². The molecule has 2 rings (SSSR count). The Morgan fingerprint density at radius 3 is 2.62 bits per heavy atom. The van der Waals surface area contributed by atoms with Gasteiger partial charge in [0.05, 0.1) is 5.69 Å². The van der Waals surface area contributed by atoms with Crippen molar-refractivity contribution in [1.29, 1.82) is 0 Å².